The Morgan fingerprint density at radius 1 is 0.964 bits per heavy atom. The van der Waals surface area contributed by atoms with E-state index >= 15 is 0 Å². The van der Waals surface area contributed by atoms with Crippen molar-refractivity contribution in [3.8, 4) is 5.75 Å². The predicted octanol–water partition coefficient (Wildman–Crippen LogP) is 1.90. The first kappa shape index (κ1) is 18.3. The molecule has 2 fully saturated rings. The van der Waals surface area contributed by atoms with E-state index in [2.05, 4.69) is 4.98 Å². The van der Waals surface area contributed by atoms with Crippen molar-refractivity contribution in [2.75, 3.05) is 39.2 Å². The van der Waals surface area contributed by atoms with Crippen LogP contribution >= 0.6 is 0 Å². The lowest BCUT2D eigenvalue weighted by Crippen LogP contribution is -2.50. The number of anilines is 1. The fourth-order valence-corrected chi connectivity index (χ4v) is 3.73. The molecule has 1 aromatic carbocycles. The molecule has 2 aliphatic rings. The van der Waals surface area contributed by atoms with Gasteiger partial charge < -0.3 is 19.4 Å². The second-order valence-corrected chi connectivity index (χ2v) is 7.40. The molecular weight excluding hydrogens is 356 g/mol. The van der Waals surface area contributed by atoms with Crippen molar-refractivity contribution in [3.63, 3.8) is 0 Å². The fourth-order valence-electron chi connectivity index (χ4n) is 3.73. The van der Waals surface area contributed by atoms with E-state index in [4.69, 9.17) is 4.74 Å². The maximum Gasteiger partial charge on any atom is 0.255 e. The minimum Gasteiger partial charge on any atom is -0.497 e. The average Bonchev–Trinajstić information content (AvgIpc) is 3.53. The number of fused-ring (bicyclic) bond motifs is 1. The van der Waals surface area contributed by atoms with E-state index in [-0.39, 0.29) is 23.9 Å². The zero-order valence-electron chi connectivity index (χ0n) is 16.3. The van der Waals surface area contributed by atoms with Gasteiger partial charge >= 0.3 is 0 Å². The van der Waals surface area contributed by atoms with Crippen LogP contribution in [0.15, 0.2) is 42.6 Å². The third-order valence-electron chi connectivity index (χ3n) is 5.42. The van der Waals surface area contributed by atoms with E-state index < -0.39 is 0 Å². The standard InChI is InChI=1S/C21H24N4O3/c1-23(2)19-9-6-15(13-22-19)21(27)25-11-10-24(17-12-18(17)25)20(26)14-4-7-16(28-3)8-5-14/h4-9,13,17-18H,10-12H2,1-3H3. The Labute approximate surface area is 164 Å². The van der Waals surface area contributed by atoms with E-state index in [9.17, 15) is 9.59 Å². The van der Waals surface area contributed by atoms with Gasteiger partial charge in [0.15, 0.2) is 0 Å². The first-order chi connectivity index (χ1) is 13.5. The minimum atomic E-state index is -0.0122. The number of aromatic nitrogens is 1. The Morgan fingerprint density at radius 3 is 2.04 bits per heavy atom. The Balaban J connectivity index is 1.42. The van der Waals surface area contributed by atoms with Crippen LogP contribution in [0, 0.1) is 0 Å². The Morgan fingerprint density at radius 2 is 1.54 bits per heavy atom. The van der Waals surface area contributed by atoms with Gasteiger partial charge in [0.25, 0.3) is 11.8 Å². The number of carbonyl (C=O) groups is 2. The first-order valence-corrected chi connectivity index (χ1v) is 9.39. The molecule has 1 aromatic heterocycles. The molecule has 2 heterocycles. The third-order valence-corrected chi connectivity index (χ3v) is 5.42. The predicted molar refractivity (Wildman–Crippen MR) is 106 cm³/mol. The second kappa shape index (κ2) is 7.14. The van der Waals surface area contributed by atoms with Crippen LogP contribution in [0.5, 0.6) is 5.75 Å². The average molecular weight is 380 g/mol. The number of carbonyl (C=O) groups excluding carboxylic acids is 2. The molecule has 0 N–H and O–H groups in total. The van der Waals surface area contributed by atoms with Crippen LogP contribution in [0.3, 0.4) is 0 Å². The van der Waals surface area contributed by atoms with Crippen molar-refractivity contribution >= 4 is 17.6 Å². The fraction of sp³-hybridized carbons (Fsp3) is 0.381. The molecule has 0 radical (unpaired) electrons. The largest absolute Gasteiger partial charge is 0.497 e. The monoisotopic (exact) mass is 380 g/mol. The summed E-state index contributed by atoms with van der Waals surface area (Å²) in [4.78, 5) is 35.7. The van der Waals surface area contributed by atoms with E-state index in [1.807, 2.05) is 40.9 Å². The number of hydrogen-bond donors (Lipinski definition) is 0. The number of hydrogen-bond acceptors (Lipinski definition) is 5. The molecule has 0 spiro atoms. The summed E-state index contributed by atoms with van der Waals surface area (Å²) in [5.41, 5.74) is 1.24. The van der Waals surface area contributed by atoms with Crippen molar-refractivity contribution in [1.29, 1.82) is 0 Å². The summed E-state index contributed by atoms with van der Waals surface area (Å²) in [5.74, 6) is 1.54. The van der Waals surface area contributed by atoms with Crippen molar-refractivity contribution in [1.82, 2.24) is 14.8 Å². The summed E-state index contributed by atoms with van der Waals surface area (Å²) in [7, 11) is 5.43. The summed E-state index contributed by atoms with van der Waals surface area (Å²) in [6.07, 6.45) is 2.46. The molecule has 1 saturated heterocycles. The molecule has 2 amide bonds. The van der Waals surface area contributed by atoms with Crippen molar-refractivity contribution in [2.45, 2.75) is 18.5 Å². The van der Waals surface area contributed by atoms with Crippen LogP contribution in [0.25, 0.3) is 0 Å². The quantitative estimate of drug-likeness (QED) is 0.811. The number of methoxy groups -OCH3 is 1. The summed E-state index contributed by atoms with van der Waals surface area (Å²) < 4.78 is 5.15. The number of nitrogens with zero attached hydrogens (tertiary/aromatic N) is 4. The van der Waals surface area contributed by atoms with Gasteiger partial charge in [-0.1, -0.05) is 0 Å². The molecule has 146 valence electrons. The molecular formula is C21H24N4O3. The highest BCUT2D eigenvalue weighted by Crippen LogP contribution is 2.38. The number of piperazine rings is 1. The van der Waals surface area contributed by atoms with Gasteiger partial charge in [0, 0.05) is 38.9 Å². The first-order valence-electron chi connectivity index (χ1n) is 9.39. The zero-order chi connectivity index (χ0) is 19.8. The van der Waals surface area contributed by atoms with Crippen molar-refractivity contribution in [2.24, 2.45) is 0 Å². The van der Waals surface area contributed by atoms with Gasteiger partial charge in [-0.3, -0.25) is 9.59 Å². The van der Waals surface area contributed by atoms with E-state index in [0.717, 1.165) is 18.0 Å². The van der Waals surface area contributed by atoms with Crippen molar-refractivity contribution in [3.05, 3.63) is 53.7 Å². The maximum atomic E-state index is 12.9. The summed E-state index contributed by atoms with van der Waals surface area (Å²) in [6.45, 7) is 1.08. The van der Waals surface area contributed by atoms with Gasteiger partial charge in [-0.25, -0.2) is 4.98 Å². The molecule has 2 aromatic rings. The van der Waals surface area contributed by atoms with Crippen LogP contribution in [0.2, 0.25) is 0 Å². The highest BCUT2D eigenvalue weighted by molar-refractivity contribution is 5.97. The third kappa shape index (κ3) is 3.28. The number of pyridine rings is 1. The maximum absolute atomic E-state index is 12.9. The van der Waals surface area contributed by atoms with Crippen LogP contribution < -0.4 is 9.64 Å². The lowest BCUT2D eigenvalue weighted by molar-refractivity contribution is 0.0526. The van der Waals surface area contributed by atoms with Crippen LogP contribution in [0.4, 0.5) is 5.82 Å². The van der Waals surface area contributed by atoms with Crippen LogP contribution in [-0.4, -0.2) is 73.0 Å². The number of rotatable bonds is 4. The molecule has 1 aliphatic heterocycles. The SMILES string of the molecule is COc1ccc(C(=O)N2CCN(C(=O)c3ccc(N(C)C)nc3)C3CC32)cc1. The Hall–Kier alpha value is -3.09. The highest BCUT2D eigenvalue weighted by atomic mass is 16.5. The molecule has 7 nitrogen and oxygen atoms in total. The molecule has 1 saturated carbocycles. The van der Waals surface area contributed by atoms with Gasteiger partial charge in [0.1, 0.15) is 11.6 Å². The number of benzene rings is 1. The number of ether oxygens (including phenoxy) is 1. The summed E-state index contributed by atoms with van der Waals surface area (Å²) >= 11 is 0. The molecule has 1 aliphatic carbocycles. The molecule has 4 rings (SSSR count). The van der Waals surface area contributed by atoms with Gasteiger partial charge in [-0.2, -0.15) is 0 Å². The molecule has 28 heavy (non-hydrogen) atoms. The Kier molecular flexibility index (Phi) is 4.66. The Bertz CT molecular complexity index is 880. The summed E-state index contributed by atoms with van der Waals surface area (Å²) in [5, 5.41) is 0. The van der Waals surface area contributed by atoms with Gasteiger partial charge in [-0.05, 0) is 42.8 Å². The highest BCUT2D eigenvalue weighted by Gasteiger charge is 2.52. The molecule has 7 heteroatoms. The van der Waals surface area contributed by atoms with E-state index in [1.54, 1.807) is 37.6 Å². The topological polar surface area (TPSA) is 66.0 Å². The second-order valence-electron chi connectivity index (χ2n) is 7.40. The van der Waals surface area contributed by atoms with Crippen LogP contribution in [0.1, 0.15) is 27.1 Å². The zero-order valence-corrected chi connectivity index (χ0v) is 16.3. The number of amides is 2. The van der Waals surface area contributed by atoms with Gasteiger partial charge in [0.2, 0.25) is 0 Å². The van der Waals surface area contributed by atoms with Crippen molar-refractivity contribution < 1.29 is 14.3 Å². The summed E-state index contributed by atoms with van der Waals surface area (Å²) in [6, 6.07) is 11.0. The lowest BCUT2D eigenvalue weighted by Gasteiger charge is -2.34. The van der Waals surface area contributed by atoms with Crippen LogP contribution in [-0.2, 0) is 0 Å². The van der Waals surface area contributed by atoms with E-state index in [0.29, 0.717) is 24.2 Å². The molecule has 0 bridgehead atoms. The van der Waals surface area contributed by atoms with E-state index in [1.165, 1.54) is 0 Å². The minimum absolute atomic E-state index is 0.0122. The normalized spacial score (nSPS) is 20.4. The smallest absolute Gasteiger partial charge is 0.255 e. The lowest BCUT2D eigenvalue weighted by atomic mass is 10.1. The molecule has 2 unspecified atom stereocenters. The van der Waals surface area contributed by atoms with Gasteiger partial charge in [0.05, 0.1) is 24.8 Å². The molecule has 2 atom stereocenters. The van der Waals surface area contributed by atoms with Gasteiger partial charge in [-0.15, -0.1) is 0 Å².